The second kappa shape index (κ2) is 10.7. The number of hydrogen-bond donors (Lipinski definition) is 0. The standard InChI is InChI=1S/C28H33N3O3S2/c1-6-31-26-24-10-8-7-9-21(24)13-16-25(26)35-28(31)29-27(32)22-11-14-23(15-12-22)36(33,34)30(17-19(2)3)18-20(4)5/h7-16,19-20H,6,17-18H2,1-5H3. The van der Waals surface area contributed by atoms with Crippen molar-refractivity contribution in [2.45, 2.75) is 46.1 Å². The number of nitrogens with zero attached hydrogens (tertiary/aromatic N) is 3. The van der Waals surface area contributed by atoms with Crippen molar-refractivity contribution in [1.29, 1.82) is 0 Å². The summed E-state index contributed by atoms with van der Waals surface area (Å²) in [6.45, 7) is 11.6. The number of rotatable bonds is 8. The minimum atomic E-state index is -3.65. The van der Waals surface area contributed by atoms with E-state index in [4.69, 9.17) is 0 Å². The molecule has 1 heterocycles. The molecule has 1 amide bonds. The molecule has 0 bridgehead atoms. The van der Waals surface area contributed by atoms with Gasteiger partial charge >= 0.3 is 0 Å². The van der Waals surface area contributed by atoms with Crippen LogP contribution in [-0.2, 0) is 16.6 Å². The van der Waals surface area contributed by atoms with Gasteiger partial charge in [0, 0.05) is 30.6 Å². The van der Waals surface area contributed by atoms with Crippen molar-refractivity contribution in [3.05, 3.63) is 71.0 Å². The Hall–Kier alpha value is -2.81. The van der Waals surface area contributed by atoms with E-state index in [1.54, 1.807) is 12.1 Å². The van der Waals surface area contributed by atoms with Crippen LogP contribution in [0.25, 0.3) is 21.0 Å². The minimum absolute atomic E-state index is 0.192. The van der Waals surface area contributed by atoms with Crippen molar-refractivity contribution >= 4 is 48.3 Å². The van der Waals surface area contributed by atoms with E-state index in [0.29, 0.717) is 30.0 Å². The maximum atomic E-state index is 13.3. The molecule has 6 nitrogen and oxygen atoms in total. The number of sulfonamides is 1. The van der Waals surface area contributed by atoms with Crippen molar-refractivity contribution < 1.29 is 13.2 Å². The Morgan fingerprint density at radius 3 is 2.19 bits per heavy atom. The van der Waals surface area contributed by atoms with Crippen LogP contribution in [-0.4, -0.2) is 36.3 Å². The number of thiazole rings is 1. The number of hydrogen-bond acceptors (Lipinski definition) is 4. The highest BCUT2D eigenvalue weighted by molar-refractivity contribution is 7.89. The molecule has 4 aromatic rings. The van der Waals surface area contributed by atoms with Crippen molar-refractivity contribution in [1.82, 2.24) is 8.87 Å². The molecule has 8 heteroatoms. The molecule has 0 fully saturated rings. The fourth-order valence-corrected chi connectivity index (χ4v) is 7.25. The van der Waals surface area contributed by atoms with Crippen LogP contribution < -0.4 is 4.80 Å². The van der Waals surface area contributed by atoms with Crippen LogP contribution in [0.1, 0.15) is 45.0 Å². The molecule has 0 aliphatic rings. The number of aryl methyl sites for hydroxylation is 1. The zero-order valence-electron chi connectivity index (χ0n) is 21.4. The summed E-state index contributed by atoms with van der Waals surface area (Å²) in [4.78, 5) is 18.3. The largest absolute Gasteiger partial charge is 0.316 e. The number of amides is 1. The Morgan fingerprint density at radius 2 is 1.58 bits per heavy atom. The first-order valence-electron chi connectivity index (χ1n) is 12.3. The molecule has 0 spiro atoms. The minimum Gasteiger partial charge on any atom is -0.316 e. The number of benzene rings is 3. The molecule has 0 unspecified atom stereocenters. The van der Waals surface area contributed by atoms with Gasteiger partial charge in [0.1, 0.15) is 0 Å². The summed E-state index contributed by atoms with van der Waals surface area (Å²) in [5.74, 6) is 0.0296. The Labute approximate surface area is 217 Å². The first kappa shape index (κ1) is 26.3. The van der Waals surface area contributed by atoms with Gasteiger partial charge in [0.2, 0.25) is 10.0 Å². The lowest BCUT2D eigenvalue weighted by atomic mass is 10.1. The number of carbonyl (C=O) groups is 1. The van der Waals surface area contributed by atoms with E-state index in [0.717, 1.165) is 21.0 Å². The van der Waals surface area contributed by atoms with Crippen LogP contribution in [0.5, 0.6) is 0 Å². The third-order valence-electron chi connectivity index (χ3n) is 5.96. The molecule has 3 aromatic carbocycles. The van der Waals surface area contributed by atoms with Gasteiger partial charge in [-0.2, -0.15) is 9.30 Å². The molecule has 190 valence electrons. The summed E-state index contributed by atoms with van der Waals surface area (Å²) in [7, 11) is -3.65. The normalized spacial score (nSPS) is 13.1. The van der Waals surface area contributed by atoms with Gasteiger partial charge in [-0.3, -0.25) is 4.79 Å². The average molecular weight is 524 g/mol. The Bertz CT molecular complexity index is 1550. The molecule has 0 N–H and O–H groups in total. The number of aromatic nitrogens is 1. The maximum Gasteiger partial charge on any atom is 0.279 e. The fraction of sp³-hybridized carbons (Fsp3) is 0.357. The highest BCUT2D eigenvalue weighted by Crippen LogP contribution is 2.27. The fourth-order valence-electron chi connectivity index (χ4n) is 4.38. The maximum absolute atomic E-state index is 13.3. The van der Waals surface area contributed by atoms with Crippen molar-refractivity contribution in [2.75, 3.05) is 13.1 Å². The first-order valence-corrected chi connectivity index (χ1v) is 14.6. The summed E-state index contributed by atoms with van der Waals surface area (Å²) < 4.78 is 31.2. The molecule has 0 atom stereocenters. The highest BCUT2D eigenvalue weighted by Gasteiger charge is 2.26. The second-order valence-electron chi connectivity index (χ2n) is 9.81. The van der Waals surface area contributed by atoms with E-state index in [2.05, 4.69) is 33.8 Å². The summed E-state index contributed by atoms with van der Waals surface area (Å²) in [6.07, 6.45) is 0. The van der Waals surface area contributed by atoms with Crippen LogP contribution in [0, 0.1) is 11.8 Å². The molecule has 36 heavy (non-hydrogen) atoms. The number of fused-ring (bicyclic) bond motifs is 3. The topological polar surface area (TPSA) is 71.7 Å². The van der Waals surface area contributed by atoms with E-state index >= 15 is 0 Å². The highest BCUT2D eigenvalue weighted by atomic mass is 32.2. The third-order valence-corrected chi connectivity index (χ3v) is 8.85. The van der Waals surface area contributed by atoms with Crippen LogP contribution in [0.4, 0.5) is 0 Å². The summed E-state index contributed by atoms with van der Waals surface area (Å²) >= 11 is 1.48. The molecule has 4 rings (SSSR count). The van der Waals surface area contributed by atoms with E-state index in [-0.39, 0.29) is 16.7 Å². The summed E-state index contributed by atoms with van der Waals surface area (Å²) in [5.41, 5.74) is 1.43. The molecule has 0 radical (unpaired) electrons. The Kier molecular flexibility index (Phi) is 7.78. The zero-order valence-corrected chi connectivity index (χ0v) is 23.1. The molecule has 0 aliphatic carbocycles. The monoisotopic (exact) mass is 523 g/mol. The Morgan fingerprint density at radius 1 is 0.944 bits per heavy atom. The zero-order chi connectivity index (χ0) is 26.0. The molecule has 0 saturated carbocycles. The van der Waals surface area contributed by atoms with Crippen molar-refractivity contribution in [3.63, 3.8) is 0 Å². The van der Waals surface area contributed by atoms with E-state index in [9.17, 15) is 13.2 Å². The van der Waals surface area contributed by atoms with Gasteiger partial charge in [-0.15, -0.1) is 0 Å². The van der Waals surface area contributed by atoms with Crippen molar-refractivity contribution in [2.24, 2.45) is 16.8 Å². The number of carbonyl (C=O) groups excluding carboxylic acids is 1. The molecule has 1 aromatic heterocycles. The SMILES string of the molecule is CCn1c(=NC(=O)c2ccc(S(=O)(=O)N(CC(C)C)CC(C)C)cc2)sc2ccc3ccccc3c21. The predicted octanol–water partition coefficient (Wildman–Crippen LogP) is 5.92. The van der Waals surface area contributed by atoms with Gasteiger partial charge in [-0.05, 0) is 54.5 Å². The van der Waals surface area contributed by atoms with Gasteiger partial charge in [-0.1, -0.05) is 69.4 Å². The molecular weight excluding hydrogens is 490 g/mol. The van der Waals surface area contributed by atoms with Gasteiger partial charge in [0.25, 0.3) is 5.91 Å². The van der Waals surface area contributed by atoms with Gasteiger partial charge in [-0.25, -0.2) is 8.42 Å². The smallest absolute Gasteiger partial charge is 0.279 e. The lowest BCUT2D eigenvalue weighted by Gasteiger charge is -2.25. The van der Waals surface area contributed by atoms with Gasteiger partial charge < -0.3 is 4.57 Å². The van der Waals surface area contributed by atoms with Crippen LogP contribution >= 0.6 is 11.3 Å². The average Bonchev–Trinajstić information content (AvgIpc) is 3.20. The van der Waals surface area contributed by atoms with Gasteiger partial charge in [0.15, 0.2) is 4.80 Å². The van der Waals surface area contributed by atoms with Crippen molar-refractivity contribution in [3.8, 4) is 0 Å². The van der Waals surface area contributed by atoms with E-state index < -0.39 is 15.9 Å². The quantitative estimate of drug-likeness (QED) is 0.288. The Balaban J connectivity index is 1.69. The van der Waals surface area contributed by atoms with Crippen LogP contribution in [0.15, 0.2) is 70.6 Å². The third kappa shape index (κ3) is 5.31. The van der Waals surface area contributed by atoms with Gasteiger partial charge in [0.05, 0.1) is 15.1 Å². The summed E-state index contributed by atoms with van der Waals surface area (Å²) in [5, 5.41) is 2.27. The lowest BCUT2D eigenvalue weighted by molar-refractivity contribution is 0.0997. The second-order valence-corrected chi connectivity index (χ2v) is 12.8. The van der Waals surface area contributed by atoms with E-state index in [1.165, 1.54) is 27.8 Å². The van der Waals surface area contributed by atoms with Crippen LogP contribution in [0.3, 0.4) is 0 Å². The molecule has 0 aliphatic heterocycles. The van der Waals surface area contributed by atoms with E-state index in [1.807, 2.05) is 46.8 Å². The predicted molar refractivity (Wildman–Crippen MR) is 148 cm³/mol. The lowest BCUT2D eigenvalue weighted by Crippen LogP contribution is -2.37. The van der Waals surface area contributed by atoms with Crippen LogP contribution in [0.2, 0.25) is 0 Å². The molecule has 0 saturated heterocycles. The first-order chi connectivity index (χ1) is 17.1. The molecular formula is C28H33N3O3S2. The summed E-state index contributed by atoms with van der Waals surface area (Å²) in [6, 6.07) is 18.5.